The molecule has 2 aliphatic heterocycles. The summed E-state index contributed by atoms with van der Waals surface area (Å²) in [5.41, 5.74) is 1.98. The molecule has 1 amide bonds. The number of rotatable bonds is 8. The van der Waals surface area contributed by atoms with Crippen LogP contribution in [0.3, 0.4) is 0 Å². The average molecular weight is 611 g/mol. The second kappa shape index (κ2) is 13.0. The van der Waals surface area contributed by atoms with Crippen LogP contribution in [0.1, 0.15) is 54.1 Å². The number of hydrogen-bond donors (Lipinski definition) is 1. The zero-order chi connectivity index (χ0) is 31.5. The Kier molecular flexibility index (Phi) is 9.26. The van der Waals surface area contributed by atoms with Crippen molar-refractivity contribution in [3.8, 4) is 11.1 Å². The number of alkyl halides is 3. The SMILES string of the molecule is COC(=O)C1(OC)CCN(c2ccc(C(=O)Nc3cc(CN4CCC[C@H]4C)c(-c4ccc(C(F)(F)F)cc4)cn3)cc2)CC1. The third-order valence-corrected chi connectivity index (χ3v) is 8.83. The van der Waals surface area contributed by atoms with Gasteiger partial charge in [0, 0.05) is 68.6 Å². The third-order valence-electron chi connectivity index (χ3n) is 8.83. The number of amides is 1. The molecular weight excluding hydrogens is 573 g/mol. The first-order valence-electron chi connectivity index (χ1n) is 14.7. The minimum atomic E-state index is -4.41. The van der Waals surface area contributed by atoms with Gasteiger partial charge in [0.25, 0.3) is 5.91 Å². The number of carbonyl (C=O) groups is 2. The van der Waals surface area contributed by atoms with Crippen molar-refractivity contribution in [3.05, 3.63) is 77.5 Å². The van der Waals surface area contributed by atoms with Gasteiger partial charge >= 0.3 is 12.1 Å². The van der Waals surface area contributed by atoms with Gasteiger partial charge in [0.15, 0.2) is 5.60 Å². The van der Waals surface area contributed by atoms with Crippen molar-refractivity contribution in [1.29, 1.82) is 0 Å². The summed E-state index contributed by atoms with van der Waals surface area (Å²) < 4.78 is 49.9. The van der Waals surface area contributed by atoms with Crippen molar-refractivity contribution in [1.82, 2.24) is 9.88 Å². The van der Waals surface area contributed by atoms with Crippen LogP contribution in [0, 0.1) is 0 Å². The first kappa shape index (κ1) is 31.5. The van der Waals surface area contributed by atoms with Gasteiger partial charge < -0.3 is 19.7 Å². The topological polar surface area (TPSA) is 84.0 Å². The van der Waals surface area contributed by atoms with Gasteiger partial charge in [-0.05, 0) is 79.9 Å². The Hall–Kier alpha value is -3.96. The number of piperidine rings is 1. The van der Waals surface area contributed by atoms with Gasteiger partial charge in [0.05, 0.1) is 12.7 Å². The molecule has 0 unspecified atom stereocenters. The molecule has 3 heterocycles. The predicted octanol–water partition coefficient (Wildman–Crippen LogP) is 6.16. The number of benzene rings is 2. The summed E-state index contributed by atoms with van der Waals surface area (Å²) in [6, 6.07) is 14.5. The van der Waals surface area contributed by atoms with Crippen LogP contribution in [0.2, 0.25) is 0 Å². The normalized spacial score (nSPS) is 18.7. The minimum absolute atomic E-state index is 0.324. The van der Waals surface area contributed by atoms with Gasteiger partial charge in [-0.1, -0.05) is 12.1 Å². The Labute approximate surface area is 255 Å². The van der Waals surface area contributed by atoms with Crippen LogP contribution in [-0.2, 0) is 27.0 Å². The van der Waals surface area contributed by atoms with Gasteiger partial charge in [-0.3, -0.25) is 9.69 Å². The van der Waals surface area contributed by atoms with Gasteiger partial charge in [-0.15, -0.1) is 0 Å². The lowest BCUT2D eigenvalue weighted by Crippen LogP contribution is -2.51. The molecule has 8 nitrogen and oxygen atoms in total. The van der Waals surface area contributed by atoms with Crippen LogP contribution in [0.5, 0.6) is 0 Å². The Bertz CT molecular complexity index is 1470. The molecule has 2 aliphatic rings. The van der Waals surface area contributed by atoms with Crippen molar-refractivity contribution in [3.63, 3.8) is 0 Å². The monoisotopic (exact) mass is 610 g/mol. The molecule has 1 aromatic heterocycles. The van der Waals surface area contributed by atoms with Gasteiger partial charge in [-0.2, -0.15) is 13.2 Å². The molecule has 2 aromatic carbocycles. The fourth-order valence-corrected chi connectivity index (χ4v) is 6.06. The molecule has 11 heteroatoms. The maximum Gasteiger partial charge on any atom is 0.416 e. The Morgan fingerprint density at radius 3 is 2.27 bits per heavy atom. The number of hydrogen-bond acceptors (Lipinski definition) is 7. The van der Waals surface area contributed by atoms with E-state index in [0.29, 0.717) is 55.5 Å². The average Bonchev–Trinajstić information content (AvgIpc) is 3.44. The van der Waals surface area contributed by atoms with Crippen LogP contribution in [0.15, 0.2) is 60.8 Å². The minimum Gasteiger partial charge on any atom is -0.467 e. The van der Waals surface area contributed by atoms with Gasteiger partial charge in [0.2, 0.25) is 0 Å². The molecule has 2 saturated heterocycles. The lowest BCUT2D eigenvalue weighted by atomic mass is 9.91. The summed E-state index contributed by atoms with van der Waals surface area (Å²) in [4.78, 5) is 34.3. The molecule has 3 aromatic rings. The molecule has 0 radical (unpaired) electrons. The third kappa shape index (κ3) is 6.73. The Morgan fingerprint density at radius 1 is 1.02 bits per heavy atom. The number of pyridine rings is 1. The Balaban J connectivity index is 1.30. The number of ether oxygens (including phenoxy) is 2. The van der Waals surface area contributed by atoms with E-state index >= 15 is 0 Å². The molecule has 1 atom stereocenters. The summed E-state index contributed by atoms with van der Waals surface area (Å²) in [7, 11) is 2.88. The number of esters is 1. The summed E-state index contributed by atoms with van der Waals surface area (Å²) in [6.45, 7) is 4.88. The van der Waals surface area contributed by atoms with E-state index in [1.807, 2.05) is 12.1 Å². The van der Waals surface area contributed by atoms with E-state index in [1.165, 1.54) is 26.4 Å². The standard InChI is InChI=1S/C33H37F3N4O4/c1-22-5-4-16-40(22)21-25-19-29(37-20-28(25)23-6-10-26(11-7-23)33(34,35)36)38-30(41)24-8-12-27(13-9-24)39-17-14-32(44-3,15-18-39)31(42)43-2/h6-13,19-20,22H,4-5,14-18,21H2,1-3H3,(H,37,38,41)/t22-/m1/s1. The van der Waals surface area contributed by atoms with Crippen molar-refractivity contribution in [2.75, 3.05) is 44.1 Å². The molecular formula is C33H37F3N4O4. The maximum absolute atomic E-state index is 13.2. The highest BCUT2D eigenvalue weighted by molar-refractivity contribution is 6.04. The van der Waals surface area contributed by atoms with E-state index in [4.69, 9.17) is 9.47 Å². The number of nitrogens with one attached hydrogen (secondary N) is 1. The first-order chi connectivity index (χ1) is 21.0. The number of carbonyl (C=O) groups excluding carboxylic acids is 2. The van der Waals surface area contributed by atoms with Crippen LogP contribution < -0.4 is 10.2 Å². The van der Waals surface area contributed by atoms with E-state index in [0.717, 1.165) is 48.3 Å². The molecule has 44 heavy (non-hydrogen) atoms. The van der Waals surface area contributed by atoms with Gasteiger partial charge in [-0.25, -0.2) is 9.78 Å². The van der Waals surface area contributed by atoms with Crippen molar-refractivity contribution >= 4 is 23.4 Å². The quantitative estimate of drug-likeness (QED) is 0.306. The van der Waals surface area contributed by atoms with Crippen molar-refractivity contribution in [2.45, 2.75) is 57.0 Å². The molecule has 0 spiro atoms. The highest BCUT2D eigenvalue weighted by atomic mass is 19.4. The van der Waals surface area contributed by atoms with Crippen molar-refractivity contribution < 1.29 is 32.2 Å². The lowest BCUT2D eigenvalue weighted by molar-refractivity contribution is -0.168. The highest BCUT2D eigenvalue weighted by Crippen LogP contribution is 2.34. The fraction of sp³-hybridized carbons (Fsp3) is 0.424. The molecule has 0 bridgehead atoms. The number of anilines is 2. The van der Waals surface area contributed by atoms with E-state index in [9.17, 15) is 22.8 Å². The number of aromatic nitrogens is 1. The van der Waals surface area contributed by atoms with E-state index < -0.39 is 17.3 Å². The smallest absolute Gasteiger partial charge is 0.416 e. The second-order valence-corrected chi connectivity index (χ2v) is 11.4. The van der Waals surface area contributed by atoms with Crippen molar-refractivity contribution in [2.24, 2.45) is 0 Å². The molecule has 1 N–H and O–H groups in total. The number of nitrogens with zero attached hydrogens (tertiary/aromatic N) is 3. The molecule has 234 valence electrons. The Morgan fingerprint density at radius 2 is 1.70 bits per heavy atom. The highest BCUT2D eigenvalue weighted by Gasteiger charge is 2.42. The van der Waals surface area contributed by atoms with Crippen LogP contribution in [0.25, 0.3) is 11.1 Å². The van der Waals surface area contributed by atoms with E-state index in [-0.39, 0.29) is 11.9 Å². The zero-order valence-electron chi connectivity index (χ0n) is 25.1. The molecule has 2 fully saturated rings. The first-order valence-corrected chi connectivity index (χ1v) is 14.7. The van der Waals surface area contributed by atoms with Gasteiger partial charge in [0.1, 0.15) is 5.82 Å². The molecule has 0 saturated carbocycles. The van der Waals surface area contributed by atoms with Crippen LogP contribution in [-0.4, -0.2) is 67.3 Å². The van der Waals surface area contributed by atoms with Crippen LogP contribution in [0.4, 0.5) is 24.7 Å². The van der Waals surface area contributed by atoms with E-state index in [1.54, 1.807) is 24.4 Å². The molecule has 5 rings (SSSR count). The second-order valence-electron chi connectivity index (χ2n) is 11.4. The largest absolute Gasteiger partial charge is 0.467 e. The fourth-order valence-electron chi connectivity index (χ4n) is 6.06. The van der Waals surface area contributed by atoms with E-state index in [2.05, 4.69) is 27.0 Å². The van der Waals surface area contributed by atoms with Crippen LogP contribution >= 0.6 is 0 Å². The maximum atomic E-state index is 13.2. The number of halogens is 3. The summed E-state index contributed by atoms with van der Waals surface area (Å²) in [6.07, 6.45) is 0.344. The zero-order valence-corrected chi connectivity index (χ0v) is 25.1. The molecule has 0 aliphatic carbocycles. The number of methoxy groups -OCH3 is 2. The predicted molar refractivity (Wildman–Crippen MR) is 161 cm³/mol. The number of likely N-dealkylation sites (tertiary alicyclic amines) is 1. The summed E-state index contributed by atoms with van der Waals surface area (Å²) in [5, 5.41) is 2.88. The summed E-state index contributed by atoms with van der Waals surface area (Å²) in [5.74, 6) is -0.327. The lowest BCUT2D eigenvalue weighted by Gasteiger charge is -2.39. The summed E-state index contributed by atoms with van der Waals surface area (Å²) >= 11 is 0.